The van der Waals surface area contributed by atoms with Crippen LogP contribution in [0, 0.1) is 5.41 Å². The predicted octanol–water partition coefficient (Wildman–Crippen LogP) is 2.29. The second-order valence-corrected chi connectivity index (χ2v) is 8.15. The summed E-state index contributed by atoms with van der Waals surface area (Å²) >= 11 is 1.62. The second-order valence-electron chi connectivity index (χ2n) is 7.37. The second kappa shape index (κ2) is 9.12. The summed E-state index contributed by atoms with van der Waals surface area (Å²) < 4.78 is 31.7. The van der Waals surface area contributed by atoms with E-state index < -0.39 is 12.1 Å². The van der Waals surface area contributed by atoms with Gasteiger partial charge in [-0.15, -0.1) is 0 Å². The molecular weight excluding hydrogens is 411 g/mol. The van der Waals surface area contributed by atoms with Gasteiger partial charge in [0.2, 0.25) is 11.8 Å². The Bertz CT molecular complexity index is 739. The van der Waals surface area contributed by atoms with E-state index in [1.54, 1.807) is 30.3 Å². The maximum atomic E-state index is 13.0. The van der Waals surface area contributed by atoms with E-state index in [0.717, 1.165) is 38.0 Å². The molecule has 1 spiro atoms. The van der Waals surface area contributed by atoms with Gasteiger partial charge in [-0.2, -0.15) is 24.5 Å². The summed E-state index contributed by atoms with van der Waals surface area (Å²) in [6.45, 7) is 2.84. The van der Waals surface area contributed by atoms with Crippen molar-refractivity contribution in [2.45, 2.75) is 25.4 Å². The van der Waals surface area contributed by atoms with Crippen molar-refractivity contribution in [2.24, 2.45) is 5.41 Å². The van der Waals surface area contributed by atoms with E-state index in [4.69, 9.17) is 9.90 Å². The van der Waals surface area contributed by atoms with Gasteiger partial charge in [-0.25, -0.2) is 4.79 Å². The molecule has 0 aromatic carbocycles. The maximum Gasteiger partial charge on any atom is 0.490 e. The minimum absolute atomic E-state index is 0.109. The number of carbonyl (C=O) groups is 3. The lowest BCUT2D eigenvalue weighted by molar-refractivity contribution is -0.192. The molecule has 29 heavy (non-hydrogen) atoms. The van der Waals surface area contributed by atoms with Crippen LogP contribution in [0.4, 0.5) is 18.9 Å². The van der Waals surface area contributed by atoms with Gasteiger partial charge in [-0.05, 0) is 37.3 Å². The standard InChI is InChI=1S/C16H23N3O2S.C2HF3O2/c1-17(2)14(20)10-18-7-3-5-16(12-18)6-8-19(15(16)21)13-4-9-22-11-13;3-2(4,5)1(6)7/h4,9,11H,3,5-8,10,12H2,1-2H3;(H,6,7). The average Bonchev–Trinajstić information content (AvgIpc) is 3.25. The van der Waals surface area contributed by atoms with Gasteiger partial charge < -0.3 is 14.9 Å². The first-order valence-corrected chi connectivity index (χ1v) is 9.97. The molecule has 0 radical (unpaired) electrons. The fourth-order valence-corrected chi connectivity index (χ4v) is 4.19. The third-order valence-corrected chi connectivity index (χ3v) is 5.76. The number of alkyl halides is 3. The Morgan fingerprint density at radius 1 is 1.28 bits per heavy atom. The summed E-state index contributed by atoms with van der Waals surface area (Å²) in [4.78, 5) is 39.5. The lowest BCUT2D eigenvalue weighted by atomic mass is 9.78. The highest BCUT2D eigenvalue weighted by Gasteiger charge is 2.49. The zero-order valence-electron chi connectivity index (χ0n) is 16.2. The van der Waals surface area contributed by atoms with Gasteiger partial charge in [-0.1, -0.05) is 0 Å². The van der Waals surface area contributed by atoms with E-state index in [0.29, 0.717) is 13.1 Å². The van der Waals surface area contributed by atoms with E-state index in [2.05, 4.69) is 4.90 Å². The van der Waals surface area contributed by atoms with Crippen LogP contribution >= 0.6 is 11.3 Å². The van der Waals surface area contributed by atoms with Crippen LogP contribution in [0.1, 0.15) is 19.3 Å². The summed E-state index contributed by atoms with van der Waals surface area (Å²) in [7, 11) is 3.56. The van der Waals surface area contributed by atoms with Crippen LogP contribution in [0.2, 0.25) is 0 Å². The molecule has 1 atom stereocenters. The highest BCUT2D eigenvalue weighted by Crippen LogP contribution is 2.42. The minimum atomic E-state index is -5.08. The van der Waals surface area contributed by atoms with Crippen molar-refractivity contribution in [3.8, 4) is 0 Å². The number of rotatable bonds is 3. The van der Waals surface area contributed by atoms with E-state index in [9.17, 15) is 22.8 Å². The van der Waals surface area contributed by atoms with Crippen molar-refractivity contribution < 1.29 is 32.7 Å². The van der Waals surface area contributed by atoms with Crippen LogP contribution in [0.3, 0.4) is 0 Å². The molecule has 162 valence electrons. The van der Waals surface area contributed by atoms with Crippen LogP contribution in [0.25, 0.3) is 0 Å². The highest BCUT2D eigenvalue weighted by atomic mass is 32.1. The summed E-state index contributed by atoms with van der Waals surface area (Å²) in [6.07, 6.45) is -2.25. The van der Waals surface area contributed by atoms with Crippen LogP contribution in [-0.2, 0) is 14.4 Å². The molecule has 1 unspecified atom stereocenters. The topological polar surface area (TPSA) is 81.2 Å². The van der Waals surface area contributed by atoms with E-state index >= 15 is 0 Å². The molecule has 0 saturated carbocycles. The Labute approximate surface area is 170 Å². The molecule has 0 aliphatic carbocycles. The van der Waals surface area contributed by atoms with Gasteiger partial charge in [0, 0.05) is 32.6 Å². The molecule has 3 rings (SSSR count). The molecular formula is C18H24F3N3O4S. The van der Waals surface area contributed by atoms with E-state index in [-0.39, 0.29) is 17.2 Å². The van der Waals surface area contributed by atoms with Gasteiger partial charge >= 0.3 is 12.1 Å². The van der Waals surface area contributed by atoms with Gasteiger partial charge in [-0.3, -0.25) is 14.5 Å². The Balaban J connectivity index is 0.000000370. The SMILES string of the molecule is CN(C)C(=O)CN1CCCC2(CCN(c3ccsc3)C2=O)C1.O=C(O)C(F)(F)F. The number of thiophene rings is 1. The molecule has 2 amide bonds. The zero-order chi connectivity index (χ0) is 21.8. The Morgan fingerprint density at radius 2 is 1.93 bits per heavy atom. The number of carbonyl (C=O) groups excluding carboxylic acids is 2. The smallest absolute Gasteiger partial charge is 0.475 e. The fraction of sp³-hybridized carbons (Fsp3) is 0.611. The van der Waals surface area contributed by atoms with Crippen molar-refractivity contribution in [3.05, 3.63) is 16.8 Å². The van der Waals surface area contributed by atoms with Crippen LogP contribution in [0.5, 0.6) is 0 Å². The number of anilines is 1. The Hall–Kier alpha value is -2.14. The summed E-state index contributed by atoms with van der Waals surface area (Å²) in [5.41, 5.74) is 0.737. The molecule has 2 fully saturated rings. The monoisotopic (exact) mass is 435 g/mol. The highest BCUT2D eigenvalue weighted by molar-refractivity contribution is 7.08. The average molecular weight is 435 g/mol. The van der Waals surface area contributed by atoms with Gasteiger partial charge in [0.25, 0.3) is 0 Å². The number of carboxylic acids is 1. The van der Waals surface area contributed by atoms with Crippen molar-refractivity contribution in [2.75, 3.05) is 45.2 Å². The van der Waals surface area contributed by atoms with Crippen LogP contribution in [0.15, 0.2) is 16.8 Å². The summed E-state index contributed by atoms with van der Waals surface area (Å²) in [5, 5.41) is 11.2. The first-order valence-electron chi connectivity index (χ1n) is 9.03. The number of aliphatic carboxylic acids is 1. The molecule has 1 aromatic rings. The first-order chi connectivity index (χ1) is 13.5. The molecule has 7 nitrogen and oxygen atoms in total. The number of likely N-dealkylation sites (N-methyl/N-ethyl adjacent to an activating group) is 1. The third-order valence-electron chi connectivity index (χ3n) is 5.09. The summed E-state index contributed by atoms with van der Waals surface area (Å²) in [6, 6.07) is 2.01. The van der Waals surface area contributed by atoms with E-state index in [1.807, 2.05) is 21.7 Å². The lowest BCUT2D eigenvalue weighted by Gasteiger charge is -2.38. The van der Waals surface area contributed by atoms with Crippen molar-refractivity contribution in [1.29, 1.82) is 0 Å². The number of halogens is 3. The van der Waals surface area contributed by atoms with Gasteiger partial charge in [0.1, 0.15) is 0 Å². The zero-order valence-corrected chi connectivity index (χ0v) is 17.1. The number of carboxylic acid groups (broad SMARTS) is 1. The minimum Gasteiger partial charge on any atom is -0.475 e. The number of hydrogen-bond acceptors (Lipinski definition) is 5. The third kappa shape index (κ3) is 5.69. The number of piperidine rings is 1. The maximum absolute atomic E-state index is 13.0. The Kier molecular flexibility index (Phi) is 7.28. The molecule has 11 heteroatoms. The molecule has 1 N–H and O–H groups in total. The number of amides is 2. The molecule has 2 aliphatic heterocycles. The molecule has 0 bridgehead atoms. The Morgan fingerprint density at radius 3 is 2.45 bits per heavy atom. The van der Waals surface area contributed by atoms with Crippen molar-refractivity contribution in [1.82, 2.24) is 9.80 Å². The molecule has 1 aromatic heterocycles. The van der Waals surface area contributed by atoms with Gasteiger partial charge in [0.15, 0.2) is 0 Å². The van der Waals surface area contributed by atoms with Crippen LogP contribution in [-0.4, -0.2) is 79.1 Å². The lowest BCUT2D eigenvalue weighted by Crippen LogP contribution is -2.50. The van der Waals surface area contributed by atoms with Gasteiger partial charge in [0.05, 0.1) is 17.6 Å². The van der Waals surface area contributed by atoms with Crippen molar-refractivity contribution in [3.63, 3.8) is 0 Å². The number of hydrogen-bond donors (Lipinski definition) is 1. The summed E-state index contributed by atoms with van der Waals surface area (Å²) in [5.74, 6) is -2.41. The quantitative estimate of drug-likeness (QED) is 0.788. The number of likely N-dealkylation sites (tertiary alicyclic amines) is 1. The molecule has 2 aliphatic rings. The molecule has 2 saturated heterocycles. The first kappa shape index (κ1) is 23.1. The molecule has 3 heterocycles. The normalized spacial score (nSPS) is 22.4. The predicted molar refractivity (Wildman–Crippen MR) is 102 cm³/mol. The van der Waals surface area contributed by atoms with E-state index in [1.165, 1.54) is 0 Å². The number of nitrogens with zero attached hydrogens (tertiary/aromatic N) is 3. The van der Waals surface area contributed by atoms with Crippen molar-refractivity contribution >= 4 is 34.8 Å². The largest absolute Gasteiger partial charge is 0.490 e. The fourth-order valence-electron chi connectivity index (χ4n) is 3.55. The van der Waals surface area contributed by atoms with Crippen LogP contribution < -0.4 is 4.90 Å².